The van der Waals surface area contributed by atoms with Crippen LogP contribution in [0.5, 0.6) is 0 Å². The van der Waals surface area contributed by atoms with Gasteiger partial charge < -0.3 is 14.6 Å². The molecule has 1 aromatic heterocycles. The van der Waals surface area contributed by atoms with Crippen LogP contribution in [0.25, 0.3) is 0 Å². The van der Waals surface area contributed by atoms with Crippen molar-refractivity contribution in [3.8, 4) is 0 Å². The van der Waals surface area contributed by atoms with Crippen LogP contribution in [-0.2, 0) is 4.79 Å². The zero-order valence-corrected chi connectivity index (χ0v) is 10.5. The lowest BCUT2D eigenvalue weighted by molar-refractivity contribution is -0.124. The highest BCUT2D eigenvalue weighted by Gasteiger charge is 2.35. The van der Waals surface area contributed by atoms with E-state index in [1.165, 1.54) is 6.26 Å². The number of hydrogen-bond acceptors (Lipinski definition) is 3. The molecule has 2 rings (SSSR count). The lowest BCUT2D eigenvalue weighted by Crippen LogP contribution is -2.46. The van der Waals surface area contributed by atoms with Gasteiger partial charge in [0.05, 0.1) is 6.26 Å². The molecule has 1 aliphatic rings. The predicted octanol–water partition coefficient (Wildman–Crippen LogP) is 1.41. The highest BCUT2D eigenvalue weighted by atomic mass is 16.3. The average molecular weight is 250 g/mol. The first-order valence-electron chi connectivity index (χ1n) is 6.36. The molecule has 2 amide bonds. The summed E-state index contributed by atoms with van der Waals surface area (Å²) in [5, 5.41) is 2.84. The number of hydrogen-bond donors (Lipinski definition) is 1. The van der Waals surface area contributed by atoms with Crippen LogP contribution in [0.15, 0.2) is 22.8 Å². The van der Waals surface area contributed by atoms with E-state index >= 15 is 0 Å². The molecule has 0 radical (unpaired) electrons. The quantitative estimate of drug-likeness (QED) is 0.878. The van der Waals surface area contributed by atoms with Crippen LogP contribution in [-0.4, -0.2) is 35.8 Å². The van der Waals surface area contributed by atoms with Gasteiger partial charge in [-0.1, -0.05) is 6.92 Å². The number of carbonyl (C=O) groups excluding carboxylic acids is 2. The van der Waals surface area contributed by atoms with Crippen molar-refractivity contribution in [2.24, 2.45) is 0 Å². The van der Waals surface area contributed by atoms with Gasteiger partial charge in [0.1, 0.15) is 6.04 Å². The second-order valence-corrected chi connectivity index (χ2v) is 4.42. The van der Waals surface area contributed by atoms with E-state index in [-0.39, 0.29) is 17.9 Å². The fourth-order valence-corrected chi connectivity index (χ4v) is 2.19. The Kier molecular flexibility index (Phi) is 4.02. The molecule has 18 heavy (non-hydrogen) atoms. The minimum Gasteiger partial charge on any atom is -0.459 e. The summed E-state index contributed by atoms with van der Waals surface area (Å²) in [5.41, 5.74) is 0. The maximum absolute atomic E-state index is 12.1. The first kappa shape index (κ1) is 12.7. The van der Waals surface area contributed by atoms with E-state index in [1.54, 1.807) is 17.0 Å². The molecular formula is C13H18N2O3. The smallest absolute Gasteiger partial charge is 0.290 e. The van der Waals surface area contributed by atoms with E-state index in [4.69, 9.17) is 4.42 Å². The summed E-state index contributed by atoms with van der Waals surface area (Å²) >= 11 is 0. The Morgan fingerprint density at radius 2 is 2.39 bits per heavy atom. The van der Waals surface area contributed by atoms with Crippen molar-refractivity contribution in [3.05, 3.63) is 24.2 Å². The second kappa shape index (κ2) is 5.71. The van der Waals surface area contributed by atoms with E-state index in [0.717, 1.165) is 19.3 Å². The summed E-state index contributed by atoms with van der Waals surface area (Å²) in [6.45, 7) is 3.27. The minimum atomic E-state index is -0.353. The van der Waals surface area contributed by atoms with Crippen LogP contribution in [0.4, 0.5) is 0 Å². The van der Waals surface area contributed by atoms with Gasteiger partial charge in [-0.15, -0.1) is 0 Å². The molecular weight excluding hydrogens is 232 g/mol. The Balaban J connectivity index is 2.03. The van der Waals surface area contributed by atoms with E-state index in [2.05, 4.69) is 5.32 Å². The van der Waals surface area contributed by atoms with Gasteiger partial charge in [0.2, 0.25) is 5.91 Å². The molecule has 0 spiro atoms. The summed E-state index contributed by atoms with van der Waals surface area (Å²) in [6.07, 6.45) is 3.94. The van der Waals surface area contributed by atoms with Crippen molar-refractivity contribution in [3.63, 3.8) is 0 Å². The number of rotatable bonds is 4. The van der Waals surface area contributed by atoms with Crippen LogP contribution in [0.3, 0.4) is 0 Å². The normalized spacial score (nSPS) is 18.9. The Labute approximate surface area is 106 Å². The molecule has 5 heteroatoms. The lowest BCUT2D eigenvalue weighted by Gasteiger charge is -2.22. The highest BCUT2D eigenvalue weighted by molar-refractivity contribution is 5.95. The van der Waals surface area contributed by atoms with Gasteiger partial charge in [-0.3, -0.25) is 9.59 Å². The van der Waals surface area contributed by atoms with Gasteiger partial charge >= 0.3 is 0 Å². The number of furan rings is 1. The molecule has 1 fully saturated rings. The van der Waals surface area contributed by atoms with E-state index in [0.29, 0.717) is 18.8 Å². The summed E-state index contributed by atoms with van der Waals surface area (Å²) in [5.74, 6) is 0.0357. The Morgan fingerprint density at radius 3 is 3.06 bits per heavy atom. The highest BCUT2D eigenvalue weighted by Crippen LogP contribution is 2.20. The molecule has 0 aromatic carbocycles. The summed E-state index contributed by atoms with van der Waals surface area (Å²) in [6, 6.07) is 2.95. The Morgan fingerprint density at radius 1 is 1.56 bits per heavy atom. The molecule has 0 aliphatic carbocycles. The average Bonchev–Trinajstić information content (AvgIpc) is 3.04. The minimum absolute atomic E-state index is 0.0609. The number of likely N-dealkylation sites (tertiary alicyclic amines) is 1. The maximum atomic E-state index is 12.1. The molecule has 0 saturated carbocycles. The van der Waals surface area contributed by atoms with E-state index < -0.39 is 0 Å². The van der Waals surface area contributed by atoms with Crippen molar-refractivity contribution in [1.29, 1.82) is 0 Å². The molecule has 1 N–H and O–H groups in total. The number of nitrogens with zero attached hydrogens (tertiary/aromatic N) is 1. The van der Waals surface area contributed by atoms with Crippen LogP contribution < -0.4 is 5.32 Å². The summed E-state index contributed by atoms with van der Waals surface area (Å²) < 4.78 is 5.09. The molecule has 2 heterocycles. The zero-order valence-electron chi connectivity index (χ0n) is 10.5. The van der Waals surface area contributed by atoms with Crippen molar-refractivity contribution < 1.29 is 14.0 Å². The van der Waals surface area contributed by atoms with E-state index in [1.807, 2.05) is 6.92 Å². The molecule has 1 aliphatic heterocycles. The third kappa shape index (κ3) is 2.55. The van der Waals surface area contributed by atoms with Crippen molar-refractivity contribution in [1.82, 2.24) is 10.2 Å². The predicted molar refractivity (Wildman–Crippen MR) is 66.1 cm³/mol. The maximum Gasteiger partial charge on any atom is 0.290 e. The topological polar surface area (TPSA) is 62.6 Å². The molecule has 1 atom stereocenters. The summed E-state index contributed by atoms with van der Waals surface area (Å²) in [7, 11) is 0. The Bertz CT molecular complexity index is 414. The second-order valence-electron chi connectivity index (χ2n) is 4.42. The van der Waals surface area contributed by atoms with Crippen molar-refractivity contribution in [2.75, 3.05) is 13.1 Å². The molecule has 1 saturated heterocycles. The standard InChI is InChI=1S/C13H18N2O3/c1-2-7-14-12(16)10-5-3-8-15(10)13(17)11-6-4-9-18-11/h4,6,9-10H,2-3,5,7-8H2,1H3,(H,14,16). The number of carbonyl (C=O) groups is 2. The van der Waals surface area contributed by atoms with Gasteiger partial charge in [0.25, 0.3) is 5.91 Å². The monoisotopic (exact) mass is 250 g/mol. The van der Waals surface area contributed by atoms with Gasteiger partial charge in [0.15, 0.2) is 5.76 Å². The van der Waals surface area contributed by atoms with Gasteiger partial charge in [0, 0.05) is 13.1 Å². The lowest BCUT2D eigenvalue weighted by atomic mass is 10.2. The zero-order chi connectivity index (χ0) is 13.0. The van der Waals surface area contributed by atoms with Crippen molar-refractivity contribution in [2.45, 2.75) is 32.2 Å². The van der Waals surface area contributed by atoms with Gasteiger partial charge in [-0.25, -0.2) is 0 Å². The molecule has 98 valence electrons. The van der Waals surface area contributed by atoms with Crippen molar-refractivity contribution >= 4 is 11.8 Å². The number of nitrogens with one attached hydrogen (secondary N) is 1. The van der Waals surface area contributed by atoms with Gasteiger partial charge in [-0.05, 0) is 31.4 Å². The van der Waals surface area contributed by atoms with Crippen LogP contribution in [0.2, 0.25) is 0 Å². The number of amides is 2. The summed E-state index contributed by atoms with van der Waals surface area (Å²) in [4.78, 5) is 25.7. The molecule has 0 bridgehead atoms. The fourth-order valence-electron chi connectivity index (χ4n) is 2.19. The largest absolute Gasteiger partial charge is 0.459 e. The van der Waals surface area contributed by atoms with Crippen LogP contribution >= 0.6 is 0 Å². The SMILES string of the molecule is CCCNC(=O)C1CCCN1C(=O)c1ccco1. The Hall–Kier alpha value is -1.78. The van der Waals surface area contributed by atoms with Crippen LogP contribution in [0.1, 0.15) is 36.7 Å². The van der Waals surface area contributed by atoms with Crippen LogP contribution in [0, 0.1) is 0 Å². The van der Waals surface area contributed by atoms with E-state index in [9.17, 15) is 9.59 Å². The van der Waals surface area contributed by atoms with Gasteiger partial charge in [-0.2, -0.15) is 0 Å². The molecule has 1 aromatic rings. The third-order valence-corrected chi connectivity index (χ3v) is 3.10. The third-order valence-electron chi connectivity index (χ3n) is 3.10. The molecule has 5 nitrogen and oxygen atoms in total. The molecule has 1 unspecified atom stereocenters. The first-order valence-corrected chi connectivity index (χ1v) is 6.36. The first-order chi connectivity index (χ1) is 8.74. The fraction of sp³-hybridized carbons (Fsp3) is 0.538.